The summed E-state index contributed by atoms with van der Waals surface area (Å²) in [6.07, 6.45) is 1.71. The maximum absolute atomic E-state index is 13.2. The van der Waals surface area contributed by atoms with Crippen molar-refractivity contribution in [2.45, 2.75) is 18.7 Å². The monoisotopic (exact) mass is 427 g/mol. The van der Waals surface area contributed by atoms with E-state index in [-0.39, 0.29) is 5.91 Å². The number of hydrogen-bond donors (Lipinski definition) is 1. The summed E-state index contributed by atoms with van der Waals surface area (Å²) in [5, 5.41) is 8.66. The molecular weight excluding hydrogens is 406 g/mol. The lowest BCUT2D eigenvalue weighted by atomic mass is 10.3. The van der Waals surface area contributed by atoms with E-state index in [2.05, 4.69) is 16.8 Å². The van der Waals surface area contributed by atoms with Crippen molar-refractivity contribution in [1.82, 2.24) is 15.1 Å². The Bertz CT molecular complexity index is 1050. The van der Waals surface area contributed by atoms with Crippen LogP contribution in [0.25, 0.3) is 0 Å². The van der Waals surface area contributed by atoms with Gasteiger partial charge in [-0.2, -0.15) is 5.10 Å². The molecular formula is C20H21N5O2S2. The van der Waals surface area contributed by atoms with Gasteiger partial charge in [-0.25, -0.2) is 4.99 Å². The van der Waals surface area contributed by atoms with Crippen molar-refractivity contribution < 1.29 is 9.53 Å². The fourth-order valence-electron chi connectivity index (χ4n) is 3.17. The second-order valence-electron chi connectivity index (χ2n) is 6.61. The number of nitrogens with one attached hydrogen (secondary N) is 1. The highest BCUT2D eigenvalue weighted by Gasteiger charge is 2.39. The van der Waals surface area contributed by atoms with Crippen LogP contribution in [0.15, 0.2) is 50.7 Å². The Balaban J connectivity index is 1.75. The first-order valence-electron chi connectivity index (χ1n) is 8.99. The van der Waals surface area contributed by atoms with Crippen LogP contribution in [0.3, 0.4) is 0 Å². The van der Waals surface area contributed by atoms with Gasteiger partial charge in [0.05, 0.1) is 29.2 Å². The van der Waals surface area contributed by atoms with E-state index in [9.17, 15) is 4.79 Å². The molecule has 0 spiro atoms. The largest absolute Gasteiger partial charge is 0.497 e. The summed E-state index contributed by atoms with van der Waals surface area (Å²) in [5.41, 5.74) is 3.46. The number of ether oxygens (including phenoxy) is 1. The first-order valence-corrected chi connectivity index (χ1v) is 10.6. The van der Waals surface area contributed by atoms with Gasteiger partial charge in [-0.3, -0.25) is 14.8 Å². The first kappa shape index (κ1) is 19.7. The van der Waals surface area contributed by atoms with Crippen LogP contribution in [0.2, 0.25) is 0 Å². The van der Waals surface area contributed by atoms with Gasteiger partial charge in [0, 0.05) is 24.6 Å². The third-order valence-electron chi connectivity index (χ3n) is 4.70. The number of amidine groups is 1. The summed E-state index contributed by atoms with van der Waals surface area (Å²) in [4.78, 5) is 23.4. The van der Waals surface area contributed by atoms with E-state index in [1.54, 1.807) is 29.8 Å². The van der Waals surface area contributed by atoms with E-state index in [4.69, 9.17) is 9.73 Å². The molecule has 7 nitrogen and oxygen atoms in total. The summed E-state index contributed by atoms with van der Waals surface area (Å²) in [7, 11) is 3.61. The summed E-state index contributed by atoms with van der Waals surface area (Å²) in [6, 6.07) is 5.93. The van der Waals surface area contributed by atoms with Crippen molar-refractivity contribution in [3.05, 3.63) is 52.2 Å². The van der Waals surface area contributed by atoms with Gasteiger partial charge in [0.2, 0.25) is 0 Å². The first-order chi connectivity index (χ1) is 13.9. The summed E-state index contributed by atoms with van der Waals surface area (Å²) in [6.45, 7) is 8.00. The number of amides is 1. The molecule has 1 N–H and O–H groups in total. The summed E-state index contributed by atoms with van der Waals surface area (Å²) < 4.78 is 5.35. The third kappa shape index (κ3) is 3.34. The number of hydrogen-bond acceptors (Lipinski definition) is 7. The molecule has 0 radical (unpaired) electrons. The van der Waals surface area contributed by atoms with Crippen LogP contribution in [0.1, 0.15) is 11.4 Å². The average molecular weight is 428 g/mol. The zero-order valence-electron chi connectivity index (χ0n) is 16.6. The Kier molecular flexibility index (Phi) is 5.18. The number of aromatic amines is 1. The lowest BCUT2D eigenvalue weighted by Gasteiger charge is -2.15. The van der Waals surface area contributed by atoms with Crippen LogP contribution in [0.4, 0.5) is 11.4 Å². The topological polar surface area (TPSA) is 73.8 Å². The number of anilines is 1. The van der Waals surface area contributed by atoms with Gasteiger partial charge in [-0.05, 0) is 37.7 Å². The standard InChI is InChI=1S/C20H21N5O2S2/c1-6-9-25-18(26)17(29-20(25)21-16-11(2)22-23-12(16)3)19-24(4)14-10-13(27-5)7-8-15(14)28-19/h6-8,10H,1,9H2,2-5H3,(H,22,23)/b19-17-,21-20?. The summed E-state index contributed by atoms with van der Waals surface area (Å²) in [5.74, 6) is 0.718. The number of aromatic nitrogens is 2. The van der Waals surface area contributed by atoms with Crippen LogP contribution in [-0.4, -0.2) is 46.9 Å². The fraction of sp³-hybridized carbons (Fsp3) is 0.250. The molecule has 2 aliphatic rings. The van der Waals surface area contributed by atoms with E-state index < -0.39 is 0 Å². The third-order valence-corrected chi connectivity index (χ3v) is 7.14. The molecule has 0 unspecified atom stereocenters. The molecule has 0 aliphatic carbocycles. The van der Waals surface area contributed by atoms with Crippen LogP contribution in [0.5, 0.6) is 5.75 Å². The molecule has 2 aliphatic heterocycles. The number of thioether (sulfide) groups is 2. The Hall–Kier alpha value is -2.65. The number of aryl methyl sites for hydroxylation is 2. The van der Waals surface area contributed by atoms with Gasteiger partial charge in [-0.1, -0.05) is 17.8 Å². The lowest BCUT2D eigenvalue weighted by molar-refractivity contribution is -0.121. The highest BCUT2D eigenvalue weighted by Crippen LogP contribution is 2.51. The van der Waals surface area contributed by atoms with Crippen molar-refractivity contribution in [2.75, 3.05) is 25.6 Å². The molecule has 9 heteroatoms. The second-order valence-corrected chi connectivity index (χ2v) is 8.62. The smallest absolute Gasteiger partial charge is 0.269 e. The second kappa shape index (κ2) is 7.64. The molecule has 29 heavy (non-hydrogen) atoms. The van der Waals surface area contributed by atoms with Gasteiger partial charge in [0.1, 0.15) is 16.3 Å². The lowest BCUT2D eigenvalue weighted by Crippen LogP contribution is -2.29. The Morgan fingerprint density at radius 2 is 2.14 bits per heavy atom. The van der Waals surface area contributed by atoms with E-state index >= 15 is 0 Å². The molecule has 0 bridgehead atoms. The number of H-pyrrole nitrogens is 1. The Labute approximate surface area is 177 Å². The zero-order chi connectivity index (χ0) is 20.7. The van der Waals surface area contributed by atoms with Gasteiger partial charge >= 0.3 is 0 Å². The van der Waals surface area contributed by atoms with Gasteiger partial charge in [0.15, 0.2) is 5.17 Å². The summed E-state index contributed by atoms with van der Waals surface area (Å²) >= 11 is 2.97. The predicted octanol–water partition coefficient (Wildman–Crippen LogP) is 4.20. The van der Waals surface area contributed by atoms with Crippen molar-refractivity contribution in [2.24, 2.45) is 4.99 Å². The minimum Gasteiger partial charge on any atom is -0.497 e. The molecule has 1 aromatic carbocycles. The van der Waals surface area contributed by atoms with Crippen LogP contribution >= 0.6 is 23.5 Å². The molecule has 4 rings (SSSR count). The van der Waals surface area contributed by atoms with E-state index in [0.29, 0.717) is 16.6 Å². The highest BCUT2D eigenvalue weighted by molar-refractivity contribution is 8.19. The van der Waals surface area contributed by atoms with E-state index in [1.807, 2.05) is 44.0 Å². The van der Waals surface area contributed by atoms with Crippen LogP contribution in [-0.2, 0) is 4.79 Å². The predicted molar refractivity (Wildman–Crippen MR) is 119 cm³/mol. The number of rotatable bonds is 4. The molecule has 1 aromatic heterocycles. The Morgan fingerprint density at radius 3 is 2.79 bits per heavy atom. The van der Waals surface area contributed by atoms with Crippen molar-refractivity contribution in [3.8, 4) is 5.75 Å². The minimum absolute atomic E-state index is 0.0680. The SMILES string of the molecule is C=CCN1C(=O)/C(=C2/Sc3ccc(OC)cc3N2C)SC1=Nc1c(C)n[nH]c1C. The van der Waals surface area contributed by atoms with Gasteiger partial charge < -0.3 is 9.64 Å². The normalized spacial score (nSPS) is 20.0. The van der Waals surface area contributed by atoms with Crippen molar-refractivity contribution in [3.63, 3.8) is 0 Å². The van der Waals surface area contributed by atoms with E-state index in [0.717, 1.165) is 38.4 Å². The number of nitrogens with zero attached hydrogens (tertiary/aromatic N) is 4. The minimum atomic E-state index is -0.0680. The molecule has 150 valence electrons. The number of aliphatic imine (C=N–C) groups is 1. The average Bonchev–Trinajstić information content (AvgIpc) is 3.32. The van der Waals surface area contributed by atoms with E-state index in [1.165, 1.54) is 11.8 Å². The van der Waals surface area contributed by atoms with Crippen molar-refractivity contribution in [1.29, 1.82) is 0 Å². The van der Waals surface area contributed by atoms with Gasteiger partial charge in [0.25, 0.3) is 5.91 Å². The highest BCUT2D eigenvalue weighted by atomic mass is 32.2. The fourth-order valence-corrected chi connectivity index (χ4v) is 5.49. The Morgan fingerprint density at radius 1 is 1.34 bits per heavy atom. The number of methoxy groups -OCH3 is 1. The molecule has 1 saturated heterocycles. The molecule has 2 aromatic rings. The maximum atomic E-state index is 13.2. The molecule has 0 atom stereocenters. The number of fused-ring (bicyclic) bond motifs is 1. The van der Waals surface area contributed by atoms with Gasteiger partial charge in [-0.15, -0.1) is 6.58 Å². The quantitative estimate of drug-likeness (QED) is 0.582. The number of carbonyl (C=O) groups excluding carboxylic acids is 1. The zero-order valence-corrected chi connectivity index (χ0v) is 18.3. The molecule has 1 fully saturated rings. The molecule has 1 amide bonds. The molecule has 0 saturated carbocycles. The maximum Gasteiger partial charge on any atom is 0.269 e. The van der Waals surface area contributed by atoms with Crippen LogP contribution in [0, 0.1) is 13.8 Å². The number of carbonyl (C=O) groups is 1. The van der Waals surface area contributed by atoms with Crippen molar-refractivity contribution >= 4 is 46.0 Å². The van der Waals surface area contributed by atoms with Crippen LogP contribution < -0.4 is 9.64 Å². The number of benzene rings is 1. The molecule has 3 heterocycles.